The fourth-order valence-corrected chi connectivity index (χ4v) is 4.07. The summed E-state index contributed by atoms with van der Waals surface area (Å²) in [6.07, 6.45) is 1.31. The minimum absolute atomic E-state index is 0.0240. The van der Waals surface area contributed by atoms with Crippen molar-refractivity contribution in [2.75, 3.05) is 38.3 Å². The molecule has 4 rings (SSSR count). The quantitative estimate of drug-likeness (QED) is 0.800. The molecule has 0 bridgehead atoms. The van der Waals surface area contributed by atoms with Crippen LogP contribution in [-0.4, -0.2) is 50.1 Å². The molecule has 2 aromatic rings. The van der Waals surface area contributed by atoms with E-state index in [1.54, 1.807) is 7.11 Å². The summed E-state index contributed by atoms with van der Waals surface area (Å²) in [6, 6.07) is 16.9. The zero-order valence-corrected chi connectivity index (χ0v) is 16.0. The van der Waals surface area contributed by atoms with E-state index in [-0.39, 0.29) is 23.8 Å². The second kappa shape index (κ2) is 7.54. The first-order valence-corrected chi connectivity index (χ1v) is 9.49. The average molecular weight is 380 g/mol. The van der Waals surface area contributed by atoms with E-state index in [0.717, 1.165) is 17.9 Å². The van der Waals surface area contributed by atoms with Crippen molar-refractivity contribution in [1.82, 2.24) is 4.90 Å². The van der Waals surface area contributed by atoms with E-state index in [1.807, 2.05) is 64.4 Å². The van der Waals surface area contributed by atoms with Crippen LogP contribution in [0.25, 0.3) is 0 Å². The number of hydrogen-bond acceptors (Lipinski definition) is 4. The molecule has 146 valence electrons. The van der Waals surface area contributed by atoms with Gasteiger partial charge >= 0.3 is 0 Å². The number of rotatable bonds is 5. The summed E-state index contributed by atoms with van der Waals surface area (Å²) in [5, 5.41) is 0. The van der Waals surface area contributed by atoms with Gasteiger partial charge in [-0.05, 0) is 42.8 Å². The van der Waals surface area contributed by atoms with Crippen molar-refractivity contribution in [3.8, 4) is 11.5 Å². The van der Waals surface area contributed by atoms with Gasteiger partial charge in [-0.1, -0.05) is 18.2 Å². The van der Waals surface area contributed by atoms with Gasteiger partial charge in [0.1, 0.15) is 11.5 Å². The van der Waals surface area contributed by atoms with Gasteiger partial charge in [0.25, 0.3) is 5.91 Å². The lowest BCUT2D eigenvalue weighted by atomic mass is 9.86. The summed E-state index contributed by atoms with van der Waals surface area (Å²) < 4.78 is 10.8. The normalized spacial score (nSPS) is 21.4. The number of para-hydroxylation sites is 1. The molecule has 0 N–H and O–H groups in total. The Bertz CT molecular complexity index is 853. The molecule has 2 aliphatic heterocycles. The maximum absolute atomic E-state index is 12.6. The van der Waals surface area contributed by atoms with Gasteiger partial charge < -0.3 is 19.3 Å². The Labute approximate surface area is 164 Å². The summed E-state index contributed by atoms with van der Waals surface area (Å²) in [4.78, 5) is 28.8. The molecule has 1 spiro atoms. The molecule has 1 unspecified atom stereocenters. The number of nitrogens with zero attached hydrogens (tertiary/aromatic N) is 2. The summed E-state index contributed by atoms with van der Waals surface area (Å²) in [6.45, 7) is 1.93. The molecule has 0 radical (unpaired) electrons. The van der Waals surface area contributed by atoms with Crippen LogP contribution in [0.3, 0.4) is 0 Å². The van der Waals surface area contributed by atoms with E-state index in [0.29, 0.717) is 31.8 Å². The Morgan fingerprint density at radius 3 is 2.50 bits per heavy atom. The van der Waals surface area contributed by atoms with Crippen molar-refractivity contribution in [3.05, 3.63) is 54.6 Å². The van der Waals surface area contributed by atoms with Crippen LogP contribution in [0.15, 0.2) is 54.6 Å². The smallest absolute Gasteiger partial charge is 0.260 e. The Hall–Kier alpha value is -3.02. The third-order valence-corrected chi connectivity index (χ3v) is 5.60. The molecule has 2 saturated heterocycles. The highest BCUT2D eigenvalue weighted by atomic mass is 16.5. The van der Waals surface area contributed by atoms with Crippen molar-refractivity contribution in [1.29, 1.82) is 0 Å². The number of likely N-dealkylation sites (tertiary alicyclic amines) is 1. The molecule has 6 nitrogen and oxygen atoms in total. The maximum Gasteiger partial charge on any atom is 0.260 e. The Morgan fingerprint density at radius 1 is 1.04 bits per heavy atom. The molecule has 1 atom stereocenters. The average Bonchev–Trinajstić information content (AvgIpc) is 3.29. The van der Waals surface area contributed by atoms with Crippen molar-refractivity contribution in [2.45, 2.75) is 12.8 Å². The lowest BCUT2D eigenvalue weighted by molar-refractivity contribution is -0.132. The third-order valence-electron chi connectivity index (χ3n) is 5.60. The fourth-order valence-electron chi connectivity index (χ4n) is 4.07. The van der Waals surface area contributed by atoms with E-state index in [1.165, 1.54) is 0 Å². The molecule has 0 aromatic heterocycles. The minimum atomic E-state index is -0.167. The number of benzene rings is 2. The third kappa shape index (κ3) is 3.67. The van der Waals surface area contributed by atoms with Gasteiger partial charge in [0, 0.05) is 37.2 Å². The molecular weight excluding hydrogens is 356 g/mol. The zero-order chi connectivity index (χ0) is 19.6. The molecule has 28 heavy (non-hydrogen) atoms. The molecule has 0 saturated carbocycles. The van der Waals surface area contributed by atoms with E-state index >= 15 is 0 Å². The molecular formula is C22H24N2O4. The largest absolute Gasteiger partial charge is 0.497 e. The van der Waals surface area contributed by atoms with Gasteiger partial charge in [-0.15, -0.1) is 0 Å². The zero-order valence-electron chi connectivity index (χ0n) is 16.0. The summed E-state index contributed by atoms with van der Waals surface area (Å²) in [5.41, 5.74) is 0.708. The van der Waals surface area contributed by atoms with Crippen molar-refractivity contribution in [2.24, 2.45) is 5.41 Å². The first kappa shape index (κ1) is 18.3. The first-order valence-electron chi connectivity index (χ1n) is 9.49. The molecule has 2 fully saturated rings. The topological polar surface area (TPSA) is 59.1 Å². The SMILES string of the molecule is COc1ccc(N2CC3(CCN(C(=O)COc4ccccc4)C3)CC2=O)cc1. The minimum Gasteiger partial charge on any atom is -0.497 e. The molecule has 2 aromatic carbocycles. The number of carbonyl (C=O) groups is 2. The maximum atomic E-state index is 12.6. The van der Waals surface area contributed by atoms with Crippen LogP contribution in [0.5, 0.6) is 11.5 Å². The first-order chi connectivity index (χ1) is 13.6. The fraction of sp³-hybridized carbons (Fsp3) is 0.364. The van der Waals surface area contributed by atoms with Crippen molar-refractivity contribution < 1.29 is 19.1 Å². The summed E-state index contributed by atoms with van der Waals surface area (Å²) in [7, 11) is 1.62. The van der Waals surface area contributed by atoms with Crippen LogP contribution < -0.4 is 14.4 Å². The monoisotopic (exact) mass is 380 g/mol. The summed E-state index contributed by atoms with van der Waals surface area (Å²) in [5.74, 6) is 1.53. The van der Waals surface area contributed by atoms with Gasteiger partial charge in [-0.25, -0.2) is 0 Å². The molecule has 2 heterocycles. The van der Waals surface area contributed by atoms with Crippen LogP contribution in [-0.2, 0) is 9.59 Å². The van der Waals surface area contributed by atoms with Crippen LogP contribution in [0, 0.1) is 5.41 Å². The standard InChI is InChI=1S/C22H24N2O4/c1-27-18-9-7-17(8-10-18)24-16-22(13-20(24)25)11-12-23(15-22)21(26)14-28-19-5-3-2-4-6-19/h2-10H,11-16H2,1H3. The predicted octanol–water partition coefficient (Wildman–Crippen LogP) is 2.73. The summed E-state index contributed by atoms with van der Waals surface area (Å²) >= 11 is 0. The van der Waals surface area contributed by atoms with Gasteiger partial charge in [-0.3, -0.25) is 9.59 Å². The highest BCUT2D eigenvalue weighted by Crippen LogP contribution is 2.42. The second-order valence-electron chi connectivity index (χ2n) is 7.52. The molecule has 6 heteroatoms. The molecule has 0 aliphatic carbocycles. The highest BCUT2D eigenvalue weighted by molar-refractivity contribution is 5.96. The van der Waals surface area contributed by atoms with Gasteiger partial charge in [-0.2, -0.15) is 0 Å². The second-order valence-corrected chi connectivity index (χ2v) is 7.52. The van der Waals surface area contributed by atoms with Gasteiger partial charge in [0.05, 0.1) is 7.11 Å². The van der Waals surface area contributed by atoms with Crippen molar-refractivity contribution in [3.63, 3.8) is 0 Å². The highest BCUT2D eigenvalue weighted by Gasteiger charge is 2.48. The van der Waals surface area contributed by atoms with Crippen LogP contribution in [0.2, 0.25) is 0 Å². The number of amides is 2. The lowest BCUT2D eigenvalue weighted by Crippen LogP contribution is -2.36. The van der Waals surface area contributed by atoms with E-state index in [9.17, 15) is 9.59 Å². The van der Waals surface area contributed by atoms with Gasteiger partial charge in [0.2, 0.25) is 5.91 Å². The van der Waals surface area contributed by atoms with E-state index in [2.05, 4.69) is 0 Å². The Morgan fingerprint density at radius 2 is 1.79 bits per heavy atom. The Kier molecular flexibility index (Phi) is 4.94. The number of ether oxygens (including phenoxy) is 2. The Balaban J connectivity index is 1.37. The number of methoxy groups -OCH3 is 1. The van der Waals surface area contributed by atoms with E-state index in [4.69, 9.17) is 9.47 Å². The number of hydrogen-bond donors (Lipinski definition) is 0. The predicted molar refractivity (Wildman–Crippen MR) is 106 cm³/mol. The number of carbonyl (C=O) groups excluding carboxylic acids is 2. The van der Waals surface area contributed by atoms with Crippen LogP contribution in [0.1, 0.15) is 12.8 Å². The number of anilines is 1. The lowest BCUT2D eigenvalue weighted by Gasteiger charge is -2.24. The van der Waals surface area contributed by atoms with Gasteiger partial charge in [0.15, 0.2) is 6.61 Å². The van der Waals surface area contributed by atoms with Crippen molar-refractivity contribution >= 4 is 17.5 Å². The van der Waals surface area contributed by atoms with Crippen LogP contribution in [0.4, 0.5) is 5.69 Å². The van der Waals surface area contributed by atoms with Crippen LogP contribution >= 0.6 is 0 Å². The molecule has 2 amide bonds. The molecule has 2 aliphatic rings. The van der Waals surface area contributed by atoms with E-state index < -0.39 is 0 Å².